The number of thiophene rings is 1. The fourth-order valence-corrected chi connectivity index (χ4v) is 6.74. The molecule has 0 saturated carbocycles. The highest BCUT2D eigenvalue weighted by Crippen LogP contribution is 2.38. The summed E-state index contributed by atoms with van der Waals surface area (Å²) in [6.07, 6.45) is 3.36. The number of nitrogens with zero attached hydrogens (tertiary/aromatic N) is 3. The van der Waals surface area contributed by atoms with Crippen molar-refractivity contribution < 1.29 is 14.0 Å². The molecule has 1 saturated heterocycles. The Balaban J connectivity index is 1.17. The lowest BCUT2D eigenvalue weighted by molar-refractivity contribution is -0.134. The topological polar surface area (TPSA) is 55.9 Å². The maximum Gasteiger partial charge on any atom is 0.322 e. The standard InChI is InChI=1S/C29H33FN4O2S2/c1-20-19-33(15-16-34(20)29(36)31-23-6-8-24(37-2)9-7-23)27(35)11-14-32-13-10-26-25(12-17-38-26)28(32)21-4-3-5-22(30)18-21/h3-9,12,17-18,20,28H,10-11,13-16,19H2,1-2H3,(H,31,36). The zero-order chi connectivity index (χ0) is 26.6. The number of thioether (sulfide) groups is 1. The number of rotatable bonds is 6. The fourth-order valence-electron chi connectivity index (χ4n) is 5.43. The van der Waals surface area contributed by atoms with E-state index in [-0.39, 0.29) is 29.8 Å². The van der Waals surface area contributed by atoms with Crippen LogP contribution in [-0.2, 0) is 11.2 Å². The summed E-state index contributed by atoms with van der Waals surface area (Å²) in [4.78, 5) is 34.6. The van der Waals surface area contributed by atoms with Crippen LogP contribution in [0, 0.1) is 5.82 Å². The number of halogens is 1. The molecule has 2 aromatic carbocycles. The third kappa shape index (κ3) is 5.90. The van der Waals surface area contributed by atoms with Gasteiger partial charge < -0.3 is 15.1 Å². The van der Waals surface area contributed by atoms with Gasteiger partial charge in [-0.25, -0.2) is 9.18 Å². The van der Waals surface area contributed by atoms with E-state index < -0.39 is 0 Å². The normalized spacial score (nSPS) is 19.8. The Morgan fingerprint density at radius 3 is 2.66 bits per heavy atom. The minimum absolute atomic E-state index is 0.0436. The first-order valence-electron chi connectivity index (χ1n) is 13.0. The van der Waals surface area contributed by atoms with Gasteiger partial charge in [0.25, 0.3) is 0 Å². The van der Waals surface area contributed by atoms with Gasteiger partial charge in [0.1, 0.15) is 5.82 Å². The first-order valence-corrected chi connectivity index (χ1v) is 15.1. The molecular formula is C29H33FN4O2S2. The van der Waals surface area contributed by atoms with E-state index in [0.717, 1.165) is 29.1 Å². The maximum atomic E-state index is 14.1. The van der Waals surface area contributed by atoms with E-state index >= 15 is 0 Å². The average molecular weight is 553 g/mol. The van der Waals surface area contributed by atoms with Gasteiger partial charge >= 0.3 is 6.03 Å². The summed E-state index contributed by atoms with van der Waals surface area (Å²) in [6, 6.07) is 16.5. The Kier molecular flexibility index (Phi) is 8.35. The zero-order valence-electron chi connectivity index (χ0n) is 21.7. The van der Waals surface area contributed by atoms with Crippen molar-refractivity contribution in [1.82, 2.24) is 14.7 Å². The van der Waals surface area contributed by atoms with E-state index in [1.807, 2.05) is 48.4 Å². The van der Waals surface area contributed by atoms with E-state index in [1.165, 1.54) is 16.5 Å². The molecule has 200 valence electrons. The van der Waals surface area contributed by atoms with Gasteiger partial charge in [-0.2, -0.15) is 0 Å². The van der Waals surface area contributed by atoms with E-state index in [1.54, 1.807) is 40.1 Å². The van der Waals surface area contributed by atoms with Gasteiger partial charge in [0, 0.05) is 60.6 Å². The fraction of sp³-hybridized carbons (Fsp3) is 0.379. The lowest BCUT2D eigenvalue weighted by atomic mass is 9.93. The second-order valence-corrected chi connectivity index (χ2v) is 11.7. The monoisotopic (exact) mass is 552 g/mol. The van der Waals surface area contributed by atoms with Crippen molar-refractivity contribution in [3.8, 4) is 0 Å². The van der Waals surface area contributed by atoms with Crippen LogP contribution in [0.1, 0.15) is 35.4 Å². The van der Waals surface area contributed by atoms with Crippen molar-refractivity contribution in [3.05, 3.63) is 81.8 Å². The number of amides is 3. The number of anilines is 1. The first-order chi connectivity index (χ1) is 18.4. The van der Waals surface area contributed by atoms with Crippen molar-refractivity contribution in [2.45, 2.75) is 36.7 Å². The summed E-state index contributed by atoms with van der Waals surface area (Å²) < 4.78 is 14.1. The molecule has 3 amide bonds. The van der Waals surface area contributed by atoms with E-state index in [2.05, 4.69) is 21.7 Å². The summed E-state index contributed by atoms with van der Waals surface area (Å²) in [5, 5.41) is 5.08. The molecule has 1 aromatic heterocycles. The van der Waals surface area contributed by atoms with Crippen molar-refractivity contribution in [2.24, 2.45) is 0 Å². The number of urea groups is 1. The molecular weight excluding hydrogens is 519 g/mol. The predicted molar refractivity (Wildman–Crippen MR) is 152 cm³/mol. The molecule has 5 rings (SSSR count). The van der Waals surface area contributed by atoms with Gasteiger partial charge in [-0.15, -0.1) is 23.1 Å². The highest BCUT2D eigenvalue weighted by atomic mass is 32.2. The molecule has 0 radical (unpaired) electrons. The average Bonchev–Trinajstić information content (AvgIpc) is 3.40. The summed E-state index contributed by atoms with van der Waals surface area (Å²) >= 11 is 3.41. The number of fused-ring (bicyclic) bond motifs is 1. The van der Waals surface area contributed by atoms with Crippen LogP contribution in [0.2, 0.25) is 0 Å². The molecule has 9 heteroatoms. The highest BCUT2D eigenvalue weighted by Gasteiger charge is 2.32. The van der Waals surface area contributed by atoms with Crippen LogP contribution in [0.3, 0.4) is 0 Å². The quantitative estimate of drug-likeness (QED) is 0.398. The van der Waals surface area contributed by atoms with E-state index in [9.17, 15) is 14.0 Å². The summed E-state index contributed by atoms with van der Waals surface area (Å²) in [7, 11) is 0. The van der Waals surface area contributed by atoms with Crippen LogP contribution in [0.4, 0.5) is 14.9 Å². The highest BCUT2D eigenvalue weighted by molar-refractivity contribution is 7.98. The minimum Gasteiger partial charge on any atom is -0.339 e. The SMILES string of the molecule is CSc1ccc(NC(=O)N2CCN(C(=O)CCN3CCc4sccc4C3c3cccc(F)c3)CC2C)cc1. The maximum absolute atomic E-state index is 14.1. The van der Waals surface area contributed by atoms with Gasteiger partial charge in [-0.3, -0.25) is 9.69 Å². The third-order valence-corrected chi connectivity index (χ3v) is 9.17. The van der Waals surface area contributed by atoms with Crippen LogP contribution >= 0.6 is 23.1 Å². The number of nitrogens with one attached hydrogen (secondary N) is 1. The van der Waals surface area contributed by atoms with Crippen molar-refractivity contribution in [1.29, 1.82) is 0 Å². The summed E-state index contributed by atoms with van der Waals surface area (Å²) in [5.74, 6) is -0.146. The Bertz CT molecular complexity index is 1280. The zero-order valence-corrected chi connectivity index (χ0v) is 23.4. The molecule has 3 heterocycles. The van der Waals surface area contributed by atoms with Gasteiger partial charge in [0.15, 0.2) is 0 Å². The molecule has 2 atom stereocenters. The molecule has 2 aliphatic rings. The Morgan fingerprint density at radius 1 is 1.11 bits per heavy atom. The Morgan fingerprint density at radius 2 is 1.92 bits per heavy atom. The molecule has 1 N–H and O–H groups in total. The first kappa shape index (κ1) is 26.7. The van der Waals surface area contributed by atoms with Crippen LogP contribution in [-0.4, -0.2) is 71.7 Å². The molecule has 0 bridgehead atoms. The lowest BCUT2D eigenvalue weighted by Gasteiger charge is -2.40. The van der Waals surface area contributed by atoms with E-state index in [0.29, 0.717) is 32.6 Å². The number of hydrogen-bond donors (Lipinski definition) is 1. The number of benzene rings is 2. The Labute approximate surface area is 231 Å². The smallest absolute Gasteiger partial charge is 0.322 e. The van der Waals surface area contributed by atoms with E-state index in [4.69, 9.17) is 0 Å². The predicted octanol–water partition coefficient (Wildman–Crippen LogP) is 5.71. The van der Waals surface area contributed by atoms with Crippen LogP contribution in [0.25, 0.3) is 0 Å². The Hall–Kier alpha value is -2.88. The van der Waals surface area contributed by atoms with Gasteiger partial charge in [-0.05, 0) is 78.6 Å². The number of piperazine rings is 1. The summed E-state index contributed by atoms with van der Waals surface area (Å²) in [5.41, 5.74) is 2.91. The van der Waals surface area contributed by atoms with Gasteiger partial charge in [-0.1, -0.05) is 12.1 Å². The van der Waals surface area contributed by atoms with Crippen LogP contribution in [0.5, 0.6) is 0 Å². The molecule has 0 spiro atoms. The molecule has 1 fully saturated rings. The number of carbonyl (C=O) groups excluding carboxylic acids is 2. The molecule has 3 aromatic rings. The second-order valence-electron chi connectivity index (χ2n) is 9.83. The number of hydrogen-bond acceptors (Lipinski definition) is 5. The van der Waals surface area contributed by atoms with Crippen LogP contribution in [0.15, 0.2) is 64.9 Å². The van der Waals surface area contributed by atoms with Crippen molar-refractivity contribution in [3.63, 3.8) is 0 Å². The summed E-state index contributed by atoms with van der Waals surface area (Å²) in [6.45, 7) is 4.96. The molecule has 0 aliphatic carbocycles. The largest absolute Gasteiger partial charge is 0.339 e. The van der Waals surface area contributed by atoms with Crippen LogP contribution < -0.4 is 5.32 Å². The molecule has 2 aliphatic heterocycles. The molecule has 6 nitrogen and oxygen atoms in total. The minimum atomic E-state index is -0.242. The second kappa shape index (κ2) is 11.9. The molecule has 38 heavy (non-hydrogen) atoms. The molecule has 2 unspecified atom stereocenters. The van der Waals surface area contributed by atoms with Gasteiger partial charge in [0.2, 0.25) is 5.91 Å². The van der Waals surface area contributed by atoms with Crippen molar-refractivity contribution >= 4 is 40.7 Å². The van der Waals surface area contributed by atoms with Crippen molar-refractivity contribution in [2.75, 3.05) is 44.3 Å². The number of carbonyl (C=O) groups is 2. The van der Waals surface area contributed by atoms with Gasteiger partial charge in [0.05, 0.1) is 6.04 Å². The lowest BCUT2D eigenvalue weighted by Crippen LogP contribution is -2.56. The third-order valence-electron chi connectivity index (χ3n) is 7.43.